The number of anilines is 2. The topological polar surface area (TPSA) is 189 Å². The van der Waals surface area contributed by atoms with Crippen molar-refractivity contribution in [1.29, 1.82) is 0 Å². The largest absolute Gasteiger partial charge is 0.457 e. The van der Waals surface area contributed by atoms with Crippen molar-refractivity contribution in [2.45, 2.75) is 12.8 Å². The lowest BCUT2D eigenvalue weighted by atomic mass is 10.1. The third kappa shape index (κ3) is 7.39. The molecule has 0 radical (unpaired) electrons. The van der Waals surface area contributed by atoms with Crippen LogP contribution in [0.1, 0.15) is 21.8 Å². The molecule has 0 aliphatic rings. The van der Waals surface area contributed by atoms with E-state index in [1.807, 2.05) is 72.8 Å². The second kappa shape index (κ2) is 14.4. The number of benzene rings is 3. The first-order chi connectivity index (χ1) is 25.5. The van der Waals surface area contributed by atoms with E-state index >= 15 is 0 Å². The molecule has 5 heterocycles. The minimum atomic E-state index is -0.350. The van der Waals surface area contributed by atoms with Crippen LogP contribution in [0, 0.1) is 0 Å². The molecular weight excluding hydrogens is 679 g/mol. The third-order valence-electron chi connectivity index (χ3n) is 7.77. The predicted molar refractivity (Wildman–Crippen MR) is 196 cm³/mol. The number of hydrogen-bond donors (Lipinski definition) is 4. The molecule has 8 rings (SSSR count). The van der Waals surface area contributed by atoms with E-state index in [2.05, 4.69) is 51.0 Å². The Bertz CT molecular complexity index is 2460. The number of rotatable bonds is 11. The number of nitrogens with one attached hydrogen (secondary N) is 4. The zero-order valence-corrected chi connectivity index (χ0v) is 28.0. The van der Waals surface area contributed by atoms with Gasteiger partial charge in [0.2, 0.25) is 17.8 Å². The third-order valence-corrected chi connectivity index (χ3v) is 8.87. The summed E-state index contributed by atoms with van der Waals surface area (Å²) in [6.45, 7) is 0. The number of fused-ring (bicyclic) bond motifs is 1. The summed E-state index contributed by atoms with van der Waals surface area (Å²) < 4.78 is 7.11. The van der Waals surface area contributed by atoms with E-state index in [-0.39, 0.29) is 30.1 Å². The van der Waals surface area contributed by atoms with Gasteiger partial charge in [-0.3, -0.25) is 25.2 Å². The maximum Gasteiger partial charge on any atom is 0.258 e. The number of aryl methyl sites for hydroxylation is 1. The van der Waals surface area contributed by atoms with Crippen LogP contribution in [0.4, 0.5) is 11.9 Å². The molecule has 14 nitrogen and oxygen atoms in total. The van der Waals surface area contributed by atoms with Crippen LogP contribution < -0.4 is 15.4 Å². The highest BCUT2D eigenvalue weighted by Crippen LogP contribution is 2.27. The fraction of sp³-hybridized carbons (Fsp3) is 0.0541. The Labute approximate surface area is 299 Å². The van der Waals surface area contributed by atoms with Crippen LogP contribution in [0.5, 0.6) is 11.5 Å². The molecule has 254 valence electrons. The van der Waals surface area contributed by atoms with Crippen LogP contribution >= 0.6 is 11.3 Å². The molecule has 0 unspecified atom stereocenters. The van der Waals surface area contributed by atoms with Gasteiger partial charge in [0.1, 0.15) is 22.9 Å². The Morgan fingerprint density at radius 2 is 1.33 bits per heavy atom. The van der Waals surface area contributed by atoms with Crippen molar-refractivity contribution < 1.29 is 14.3 Å². The summed E-state index contributed by atoms with van der Waals surface area (Å²) in [5, 5.41) is 22.7. The lowest BCUT2D eigenvalue weighted by molar-refractivity contribution is -0.116. The summed E-state index contributed by atoms with van der Waals surface area (Å²) in [5.74, 6) is 1.98. The lowest BCUT2D eigenvalue weighted by Gasteiger charge is -2.08. The van der Waals surface area contributed by atoms with Crippen LogP contribution in [0.15, 0.2) is 115 Å². The SMILES string of the molecule is O=C(CCc1nc2ccccc2s1)Nc1nnc(-c2cccc(-c3ccc(Oc4ccc(C(=O)Nc5nnc(-c6ccccn6)[nH]5)cc4)cc3)n2)[nH]1. The molecule has 3 aromatic carbocycles. The van der Waals surface area contributed by atoms with Crippen molar-refractivity contribution in [3.8, 4) is 45.8 Å². The minimum absolute atomic E-state index is 0.189. The number of aromatic nitrogens is 9. The molecule has 0 saturated carbocycles. The van der Waals surface area contributed by atoms with Gasteiger partial charge in [-0.15, -0.1) is 31.7 Å². The number of para-hydroxylation sites is 1. The van der Waals surface area contributed by atoms with Gasteiger partial charge in [-0.25, -0.2) is 9.97 Å². The summed E-state index contributed by atoms with van der Waals surface area (Å²) >= 11 is 1.59. The number of H-pyrrole nitrogens is 2. The van der Waals surface area contributed by atoms with Crippen molar-refractivity contribution in [2.24, 2.45) is 0 Å². The van der Waals surface area contributed by atoms with E-state index in [1.165, 1.54) is 0 Å². The second-order valence-electron chi connectivity index (χ2n) is 11.4. The number of carbonyl (C=O) groups excluding carboxylic acids is 2. The van der Waals surface area contributed by atoms with Crippen molar-refractivity contribution >= 4 is 45.3 Å². The van der Waals surface area contributed by atoms with Crippen molar-refractivity contribution in [3.63, 3.8) is 0 Å². The number of pyridine rings is 2. The molecular formula is C37H27N11O3S. The molecule has 5 aromatic heterocycles. The van der Waals surface area contributed by atoms with Gasteiger partial charge < -0.3 is 14.7 Å². The average molecular weight is 706 g/mol. The molecule has 0 fully saturated rings. The lowest BCUT2D eigenvalue weighted by Crippen LogP contribution is -2.13. The van der Waals surface area contributed by atoms with Gasteiger partial charge in [0.25, 0.3) is 5.91 Å². The van der Waals surface area contributed by atoms with Gasteiger partial charge in [0.15, 0.2) is 11.6 Å². The first-order valence-electron chi connectivity index (χ1n) is 16.1. The first-order valence-corrected chi connectivity index (χ1v) is 16.9. The number of thiazole rings is 1. The average Bonchev–Trinajstić information content (AvgIpc) is 3.95. The fourth-order valence-corrected chi connectivity index (χ4v) is 6.19. The highest BCUT2D eigenvalue weighted by molar-refractivity contribution is 7.18. The Kier molecular flexibility index (Phi) is 8.88. The number of nitrogens with zero attached hydrogens (tertiary/aromatic N) is 7. The first kappa shape index (κ1) is 32.1. The van der Waals surface area contributed by atoms with Crippen LogP contribution in [0.3, 0.4) is 0 Å². The molecule has 0 bridgehead atoms. The Hall–Kier alpha value is -7.13. The molecule has 52 heavy (non-hydrogen) atoms. The van der Waals surface area contributed by atoms with E-state index in [1.54, 1.807) is 53.9 Å². The zero-order valence-electron chi connectivity index (χ0n) is 27.1. The van der Waals surface area contributed by atoms with E-state index < -0.39 is 0 Å². The fourth-order valence-electron chi connectivity index (χ4n) is 5.22. The van der Waals surface area contributed by atoms with E-state index in [4.69, 9.17) is 9.72 Å². The molecule has 0 aliphatic heterocycles. The highest BCUT2D eigenvalue weighted by Gasteiger charge is 2.14. The van der Waals surface area contributed by atoms with Gasteiger partial charge in [-0.05, 0) is 84.9 Å². The Morgan fingerprint density at radius 1 is 0.654 bits per heavy atom. The summed E-state index contributed by atoms with van der Waals surface area (Å²) in [6, 6.07) is 33.2. The molecule has 0 aliphatic carbocycles. The number of carbonyl (C=O) groups is 2. The summed E-state index contributed by atoms with van der Waals surface area (Å²) in [7, 11) is 0. The standard InChI is InChI=1S/C37H27N11O3S/c49-31(19-20-32-40-27-6-1-2-10-30(27)52-32)41-36-43-34(46-47-36)29-9-5-8-26(39-29)22-11-15-24(16-12-22)51-25-17-13-23(14-18-25)35(50)44-37-42-33(45-48-37)28-7-3-4-21-38-28/h1-18,21H,19-20H2,(H2,41,43,46,47,49)(H2,42,44,45,48,50). The summed E-state index contributed by atoms with van der Waals surface area (Å²) in [6.07, 6.45) is 2.45. The number of aromatic amines is 2. The van der Waals surface area contributed by atoms with Gasteiger partial charge >= 0.3 is 0 Å². The monoisotopic (exact) mass is 705 g/mol. The van der Waals surface area contributed by atoms with E-state index in [0.717, 1.165) is 26.5 Å². The van der Waals surface area contributed by atoms with Gasteiger partial charge in [-0.1, -0.05) is 24.3 Å². The number of ether oxygens (including phenoxy) is 1. The van der Waals surface area contributed by atoms with Crippen LogP contribution in [-0.4, -0.2) is 57.1 Å². The molecule has 0 spiro atoms. The van der Waals surface area contributed by atoms with Crippen molar-refractivity contribution in [2.75, 3.05) is 10.6 Å². The van der Waals surface area contributed by atoms with Gasteiger partial charge in [0, 0.05) is 30.2 Å². The molecule has 2 amide bonds. The smallest absolute Gasteiger partial charge is 0.258 e. The quantitative estimate of drug-likeness (QED) is 0.110. The minimum Gasteiger partial charge on any atom is -0.457 e. The normalized spacial score (nSPS) is 11.0. The summed E-state index contributed by atoms with van der Waals surface area (Å²) in [4.78, 5) is 44.9. The van der Waals surface area contributed by atoms with Crippen LogP contribution in [0.25, 0.3) is 44.5 Å². The molecule has 8 aromatic rings. The van der Waals surface area contributed by atoms with Gasteiger partial charge in [0.05, 0.1) is 20.9 Å². The summed E-state index contributed by atoms with van der Waals surface area (Å²) in [5.41, 5.74) is 4.13. The van der Waals surface area contributed by atoms with Crippen molar-refractivity contribution in [1.82, 2.24) is 45.3 Å². The van der Waals surface area contributed by atoms with Gasteiger partial charge in [-0.2, -0.15) is 0 Å². The van der Waals surface area contributed by atoms with Crippen LogP contribution in [-0.2, 0) is 11.2 Å². The molecule has 4 N–H and O–H groups in total. The van der Waals surface area contributed by atoms with E-state index in [0.29, 0.717) is 46.5 Å². The zero-order chi connectivity index (χ0) is 35.3. The van der Waals surface area contributed by atoms with E-state index in [9.17, 15) is 9.59 Å². The maximum absolute atomic E-state index is 12.8. The molecule has 15 heteroatoms. The number of amides is 2. The predicted octanol–water partition coefficient (Wildman–Crippen LogP) is 6.94. The highest BCUT2D eigenvalue weighted by atomic mass is 32.1. The van der Waals surface area contributed by atoms with Crippen molar-refractivity contribution in [3.05, 3.63) is 126 Å². The Balaban J connectivity index is 0.851. The number of hydrogen-bond acceptors (Lipinski definition) is 11. The molecule has 0 saturated heterocycles. The maximum atomic E-state index is 12.8. The van der Waals surface area contributed by atoms with Crippen LogP contribution in [0.2, 0.25) is 0 Å². The molecule has 0 atom stereocenters. The Morgan fingerprint density at radius 3 is 2.08 bits per heavy atom. The second-order valence-corrected chi connectivity index (χ2v) is 12.5.